The van der Waals surface area contributed by atoms with Crippen LogP contribution in [0.3, 0.4) is 0 Å². The molecule has 4 rings (SSSR count). The number of aliphatic hydroxyl groups is 1. The van der Waals surface area contributed by atoms with E-state index in [0.717, 1.165) is 38.5 Å². The number of methoxy groups -OCH3 is 1. The van der Waals surface area contributed by atoms with Gasteiger partial charge in [0, 0.05) is 6.42 Å². The van der Waals surface area contributed by atoms with Crippen LogP contribution in [0.25, 0.3) is 0 Å². The summed E-state index contributed by atoms with van der Waals surface area (Å²) in [5, 5.41) is 10.4. The van der Waals surface area contributed by atoms with Gasteiger partial charge in [0.25, 0.3) is 0 Å². The van der Waals surface area contributed by atoms with Crippen LogP contribution in [0.2, 0.25) is 0 Å². The van der Waals surface area contributed by atoms with E-state index >= 15 is 0 Å². The summed E-state index contributed by atoms with van der Waals surface area (Å²) in [7, 11) is 1.44. The van der Waals surface area contributed by atoms with E-state index in [-0.39, 0.29) is 30.1 Å². The Morgan fingerprint density at radius 1 is 1.03 bits per heavy atom. The summed E-state index contributed by atoms with van der Waals surface area (Å²) in [5.74, 6) is 2.82. The number of hydrogen-bond acceptors (Lipinski definition) is 3. The predicted molar refractivity (Wildman–Crippen MR) is 121 cm³/mol. The minimum absolute atomic E-state index is 0.0297. The predicted octanol–water partition coefficient (Wildman–Crippen LogP) is 6.92. The highest BCUT2D eigenvalue weighted by molar-refractivity contribution is 5.68. The van der Waals surface area contributed by atoms with Crippen molar-refractivity contribution in [2.24, 2.45) is 46.3 Å². The van der Waals surface area contributed by atoms with Gasteiger partial charge >= 0.3 is 12.1 Å². The second-order valence-corrected chi connectivity index (χ2v) is 12.6. The Labute approximate surface area is 197 Å². The monoisotopic (exact) mass is 472 g/mol. The molecule has 0 heterocycles. The Morgan fingerprint density at radius 2 is 1.73 bits per heavy atom. The molecule has 0 amide bonds. The molecule has 4 saturated carbocycles. The molecule has 9 atom stereocenters. The highest BCUT2D eigenvalue weighted by Gasteiger charge is 2.65. The maximum absolute atomic E-state index is 13.6. The van der Waals surface area contributed by atoms with E-state index in [1.54, 1.807) is 0 Å². The molecule has 4 aliphatic rings. The van der Waals surface area contributed by atoms with Gasteiger partial charge < -0.3 is 9.84 Å². The molecule has 0 spiro atoms. The Bertz CT molecular complexity index is 739. The van der Waals surface area contributed by atoms with Crippen LogP contribution in [-0.2, 0) is 9.53 Å². The number of fused-ring (bicyclic) bond motifs is 5. The SMILES string of the molecule is COC(=O)CCC[C@@H](C)[C@H]1CC[C@H]2[C@@H]3CC[C@H]4C[C@](O)(C(F)(F)F)CC[C@]4(C)[C@H]3CC[C@]12C. The first-order valence-corrected chi connectivity index (χ1v) is 13.2. The lowest BCUT2D eigenvalue weighted by molar-refractivity contribution is -0.290. The molecule has 1 N–H and O–H groups in total. The van der Waals surface area contributed by atoms with Gasteiger partial charge in [0.1, 0.15) is 0 Å². The van der Waals surface area contributed by atoms with Gasteiger partial charge in [0.2, 0.25) is 0 Å². The molecule has 0 aliphatic heterocycles. The fourth-order valence-corrected chi connectivity index (χ4v) is 9.35. The van der Waals surface area contributed by atoms with Crippen molar-refractivity contribution in [3.63, 3.8) is 0 Å². The van der Waals surface area contributed by atoms with Gasteiger partial charge in [-0.2, -0.15) is 13.2 Å². The topological polar surface area (TPSA) is 46.5 Å². The number of alkyl halides is 3. The molecular formula is C27H43F3O3. The van der Waals surface area contributed by atoms with Gasteiger partial charge in [-0.1, -0.05) is 20.8 Å². The number of carbonyl (C=O) groups excluding carboxylic acids is 1. The average Bonchev–Trinajstić information content (AvgIpc) is 3.10. The van der Waals surface area contributed by atoms with Gasteiger partial charge in [0.05, 0.1) is 7.11 Å². The summed E-state index contributed by atoms with van der Waals surface area (Å²) in [6, 6.07) is 0. The van der Waals surface area contributed by atoms with Crippen molar-refractivity contribution < 1.29 is 27.8 Å². The van der Waals surface area contributed by atoms with Gasteiger partial charge in [-0.3, -0.25) is 4.79 Å². The molecule has 3 nitrogen and oxygen atoms in total. The molecule has 33 heavy (non-hydrogen) atoms. The van der Waals surface area contributed by atoms with Gasteiger partial charge in [-0.15, -0.1) is 0 Å². The lowest BCUT2D eigenvalue weighted by Gasteiger charge is -2.62. The second-order valence-electron chi connectivity index (χ2n) is 12.6. The molecular weight excluding hydrogens is 429 g/mol. The summed E-state index contributed by atoms with van der Waals surface area (Å²) in [6.07, 6.45) is 4.70. The second kappa shape index (κ2) is 8.71. The maximum Gasteiger partial charge on any atom is 0.417 e. The van der Waals surface area contributed by atoms with Crippen molar-refractivity contribution in [1.82, 2.24) is 0 Å². The van der Waals surface area contributed by atoms with Gasteiger partial charge in [-0.25, -0.2) is 0 Å². The number of rotatable bonds is 5. The smallest absolute Gasteiger partial charge is 0.417 e. The number of ether oxygens (including phenoxy) is 1. The van der Waals surface area contributed by atoms with E-state index in [1.807, 2.05) is 0 Å². The molecule has 0 aromatic carbocycles. The summed E-state index contributed by atoms with van der Waals surface area (Å²) in [6.45, 7) is 7.08. The summed E-state index contributed by atoms with van der Waals surface area (Å²) in [4.78, 5) is 11.5. The Kier molecular flexibility index (Phi) is 6.68. The molecule has 0 aromatic heterocycles. The van der Waals surface area contributed by atoms with Crippen LogP contribution in [0.15, 0.2) is 0 Å². The highest BCUT2D eigenvalue weighted by Crippen LogP contribution is 2.69. The van der Waals surface area contributed by atoms with Gasteiger partial charge in [0.15, 0.2) is 5.60 Å². The normalized spacial score (nSPS) is 46.1. The average molecular weight is 473 g/mol. The standard InChI is InChI=1S/C27H43F3O3/c1-17(6-5-7-23(31)33-4)20-10-11-21-19-9-8-18-16-26(32,27(28,29)30)15-14-24(18,2)22(19)12-13-25(20,21)3/h17-22,32H,5-16H2,1-4H3/t17-,18+,19+,20-,21+,22+,24+,25-,26+/m1/s1. The summed E-state index contributed by atoms with van der Waals surface area (Å²) >= 11 is 0. The lowest BCUT2D eigenvalue weighted by atomic mass is 9.43. The Balaban J connectivity index is 1.45. The summed E-state index contributed by atoms with van der Waals surface area (Å²) in [5.41, 5.74) is -2.27. The third-order valence-electron chi connectivity index (χ3n) is 11.3. The van der Waals surface area contributed by atoms with Crippen molar-refractivity contribution in [3.8, 4) is 0 Å². The first-order chi connectivity index (χ1) is 15.4. The molecule has 4 aliphatic carbocycles. The van der Waals surface area contributed by atoms with Crippen LogP contribution >= 0.6 is 0 Å². The first kappa shape index (κ1) is 25.3. The third kappa shape index (κ3) is 4.14. The molecule has 190 valence electrons. The van der Waals surface area contributed by atoms with Crippen LogP contribution < -0.4 is 0 Å². The van der Waals surface area contributed by atoms with Crippen molar-refractivity contribution in [2.75, 3.05) is 7.11 Å². The largest absolute Gasteiger partial charge is 0.469 e. The Morgan fingerprint density at radius 3 is 2.39 bits per heavy atom. The van der Waals surface area contributed by atoms with Crippen LogP contribution in [0.5, 0.6) is 0 Å². The number of halogens is 3. The fourth-order valence-electron chi connectivity index (χ4n) is 9.35. The van der Waals surface area contributed by atoms with E-state index in [9.17, 15) is 23.1 Å². The zero-order chi connectivity index (χ0) is 24.2. The number of hydrogen-bond donors (Lipinski definition) is 1. The molecule has 4 fully saturated rings. The first-order valence-electron chi connectivity index (χ1n) is 13.2. The van der Waals surface area contributed by atoms with Crippen molar-refractivity contribution in [2.45, 2.75) is 110 Å². The molecule has 0 radical (unpaired) electrons. The molecule has 0 bridgehead atoms. The summed E-state index contributed by atoms with van der Waals surface area (Å²) < 4.78 is 45.5. The molecule has 0 saturated heterocycles. The van der Waals surface area contributed by atoms with Gasteiger partial charge in [-0.05, 0) is 117 Å². The van der Waals surface area contributed by atoms with Crippen LogP contribution in [-0.4, -0.2) is 30.0 Å². The van der Waals surface area contributed by atoms with E-state index in [4.69, 9.17) is 4.74 Å². The van der Waals surface area contributed by atoms with E-state index in [1.165, 1.54) is 20.0 Å². The zero-order valence-electron chi connectivity index (χ0n) is 20.8. The van der Waals surface area contributed by atoms with E-state index in [2.05, 4.69) is 20.8 Å². The van der Waals surface area contributed by atoms with Crippen molar-refractivity contribution in [1.29, 1.82) is 0 Å². The van der Waals surface area contributed by atoms with Crippen molar-refractivity contribution in [3.05, 3.63) is 0 Å². The number of carbonyl (C=O) groups is 1. The molecule has 6 heteroatoms. The van der Waals surface area contributed by atoms with Crippen LogP contribution in [0.4, 0.5) is 13.2 Å². The minimum Gasteiger partial charge on any atom is -0.469 e. The van der Waals surface area contributed by atoms with Crippen LogP contribution in [0.1, 0.15) is 97.8 Å². The number of esters is 1. The zero-order valence-corrected chi connectivity index (χ0v) is 20.8. The Hall–Kier alpha value is -0.780. The van der Waals surface area contributed by atoms with Crippen molar-refractivity contribution >= 4 is 5.97 Å². The fraction of sp³-hybridized carbons (Fsp3) is 0.963. The molecule has 0 unspecified atom stereocenters. The van der Waals surface area contributed by atoms with E-state index < -0.39 is 11.8 Å². The maximum atomic E-state index is 13.6. The molecule has 0 aromatic rings. The third-order valence-corrected chi connectivity index (χ3v) is 11.3. The van der Waals surface area contributed by atoms with Crippen LogP contribution in [0, 0.1) is 46.3 Å². The lowest BCUT2D eigenvalue weighted by Crippen LogP contribution is -2.59. The quantitative estimate of drug-likeness (QED) is 0.442. The van der Waals surface area contributed by atoms with E-state index in [0.29, 0.717) is 47.8 Å². The minimum atomic E-state index is -4.53. The highest BCUT2D eigenvalue weighted by atomic mass is 19.4.